The van der Waals surface area contributed by atoms with Crippen molar-refractivity contribution >= 4 is 12.1 Å². The molecule has 0 bridgehead atoms. The number of nitrogens with one attached hydrogen (secondary N) is 1. The molecule has 120 valence electrons. The monoisotopic (exact) mass is 310 g/mol. The Hall–Kier alpha value is -2.62. The van der Waals surface area contributed by atoms with Crippen molar-refractivity contribution in [3.8, 4) is 5.75 Å². The number of nitrogens with zero attached hydrogens (tertiary/aromatic N) is 1. The Kier molecular flexibility index (Phi) is 5.52. The van der Waals surface area contributed by atoms with Gasteiger partial charge in [-0.25, -0.2) is 5.43 Å². The Labute approximate surface area is 137 Å². The van der Waals surface area contributed by atoms with Crippen LogP contribution in [0.3, 0.4) is 0 Å². The maximum atomic E-state index is 11.7. The SMILES string of the molecule is Cc1ccc(OCC(=O)NN=Cc2c(C)cc(C)cc2C)cc1. The maximum absolute atomic E-state index is 11.7. The Balaban J connectivity index is 1.88. The molecule has 0 aliphatic heterocycles. The van der Waals surface area contributed by atoms with Crippen LogP contribution in [0.2, 0.25) is 0 Å². The first-order valence-corrected chi connectivity index (χ1v) is 7.55. The third kappa shape index (κ3) is 4.95. The van der Waals surface area contributed by atoms with E-state index in [1.165, 1.54) is 5.56 Å². The third-order valence-corrected chi connectivity index (χ3v) is 3.51. The lowest BCUT2D eigenvalue weighted by Crippen LogP contribution is -2.24. The number of carbonyl (C=O) groups excluding carboxylic acids is 1. The first-order valence-electron chi connectivity index (χ1n) is 7.55. The van der Waals surface area contributed by atoms with Gasteiger partial charge in [0.25, 0.3) is 5.91 Å². The average molecular weight is 310 g/mol. The first-order chi connectivity index (χ1) is 11.0. The van der Waals surface area contributed by atoms with Crippen molar-refractivity contribution in [2.75, 3.05) is 6.61 Å². The Morgan fingerprint density at radius 3 is 2.26 bits per heavy atom. The molecule has 0 aliphatic carbocycles. The van der Waals surface area contributed by atoms with E-state index >= 15 is 0 Å². The zero-order valence-electron chi connectivity index (χ0n) is 14.0. The largest absolute Gasteiger partial charge is 0.484 e. The van der Waals surface area contributed by atoms with Crippen LogP contribution < -0.4 is 10.2 Å². The van der Waals surface area contributed by atoms with Crippen LogP contribution in [-0.4, -0.2) is 18.7 Å². The number of amides is 1. The number of ether oxygens (including phenoxy) is 1. The molecule has 2 aromatic carbocycles. The maximum Gasteiger partial charge on any atom is 0.277 e. The van der Waals surface area contributed by atoms with Crippen LogP contribution in [0.4, 0.5) is 0 Å². The highest BCUT2D eigenvalue weighted by molar-refractivity contribution is 5.85. The smallest absolute Gasteiger partial charge is 0.277 e. The van der Waals surface area contributed by atoms with Crippen LogP contribution in [0.1, 0.15) is 27.8 Å². The van der Waals surface area contributed by atoms with E-state index in [1.54, 1.807) is 6.21 Å². The van der Waals surface area contributed by atoms with E-state index < -0.39 is 0 Å². The van der Waals surface area contributed by atoms with E-state index in [0.29, 0.717) is 5.75 Å². The van der Waals surface area contributed by atoms with Crippen molar-refractivity contribution < 1.29 is 9.53 Å². The third-order valence-electron chi connectivity index (χ3n) is 3.51. The number of hydrogen-bond donors (Lipinski definition) is 1. The lowest BCUT2D eigenvalue weighted by Gasteiger charge is -2.07. The van der Waals surface area contributed by atoms with Crippen LogP contribution >= 0.6 is 0 Å². The van der Waals surface area contributed by atoms with Gasteiger partial charge in [-0.1, -0.05) is 35.4 Å². The zero-order valence-corrected chi connectivity index (χ0v) is 14.0. The van der Waals surface area contributed by atoms with Gasteiger partial charge in [-0.05, 0) is 51.0 Å². The van der Waals surface area contributed by atoms with E-state index in [9.17, 15) is 4.79 Å². The molecule has 0 fully saturated rings. The molecule has 0 spiro atoms. The van der Waals surface area contributed by atoms with E-state index in [1.807, 2.05) is 45.0 Å². The predicted octanol–water partition coefficient (Wildman–Crippen LogP) is 3.45. The van der Waals surface area contributed by atoms with Crippen LogP contribution in [-0.2, 0) is 4.79 Å². The summed E-state index contributed by atoms with van der Waals surface area (Å²) in [7, 11) is 0. The van der Waals surface area contributed by atoms with Crippen molar-refractivity contribution in [1.82, 2.24) is 5.43 Å². The van der Waals surface area contributed by atoms with Gasteiger partial charge >= 0.3 is 0 Å². The summed E-state index contributed by atoms with van der Waals surface area (Å²) < 4.78 is 5.40. The van der Waals surface area contributed by atoms with Gasteiger partial charge in [-0.15, -0.1) is 0 Å². The van der Waals surface area contributed by atoms with Crippen molar-refractivity contribution in [3.63, 3.8) is 0 Å². The normalized spacial score (nSPS) is 10.8. The van der Waals surface area contributed by atoms with Gasteiger partial charge in [0.05, 0.1) is 6.21 Å². The Morgan fingerprint density at radius 1 is 1.04 bits per heavy atom. The predicted molar refractivity (Wildman–Crippen MR) is 93.1 cm³/mol. The fourth-order valence-corrected chi connectivity index (χ4v) is 2.38. The molecule has 0 aromatic heterocycles. The second-order valence-corrected chi connectivity index (χ2v) is 5.71. The summed E-state index contributed by atoms with van der Waals surface area (Å²) in [5, 5.41) is 4.01. The molecule has 1 amide bonds. The number of rotatable bonds is 5. The summed E-state index contributed by atoms with van der Waals surface area (Å²) in [4.78, 5) is 11.7. The molecule has 2 aromatic rings. The second kappa shape index (κ2) is 7.58. The molecule has 0 unspecified atom stereocenters. The van der Waals surface area contributed by atoms with Crippen LogP contribution in [0.5, 0.6) is 5.75 Å². The summed E-state index contributed by atoms with van der Waals surface area (Å²) in [6.45, 7) is 8.06. The molecular weight excluding hydrogens is 288 g/mol. The summed E-state index contributed by atoms with van der Waals surface area (Å²) in [6, 6.07) is 11.7. The molecule has 0 aliphatic rings. The standard InChI is InChI=1S/C19H22N2O2/c1-13-5-7-17(8-6-13)23-12-19(22)21-20-11-18-15(3)9-14(2)10-16(18)4/h5-11H,12H2,1-4H3,(H,21,22). The molecule has 4 nitrogen and oxygen atoms in total. The second-order valence-electron chi connectivity index (χ2n) is 5.71. The van der Waals surface area contributed by atoms with E-state index in [0.717, 1.165) is 22.3 Å². The molecule has 2 rings (SSSR count). The molecule has 1 N–H and O–H groups in total. The molecule has 0 saturated carbocycles. The van der Waals surface area contributed by atoms with Gasteiger partial charge in [0, 0.05) is 5.56 Å². The minimum absolute atomic E-state index is 0.0632. The molecule has 0 radical (unpaired) electrons. The van der Waals surface area contributed by atoms with Gasteiger partial charge in [0.2, 0.25) is 0 Å². The highest BCUT2D eigenvalue weighted by atomic mass is 16.5. The number of aryl methyl sites for hydroxylation is 4. The summed E-state index contributed by atoms with van der Waals surface area (Å²) in [5.41, 5.74) is 8.15. The lowest BCUT2D eigenvalue weighted by molar-refractivity contribution is -0.123. The topological polar surface area (TPSA) is 50.7 Å². The van der Waals surface area contributed by atoms with Gasteiger partial charge in [0.15, 0.2) is 6.61 Å². The van der Waals surface area contributed by atoms with Crippen LogP contribution in [0.25, 0.3) is 0 Å². The van der Waals surface area contributed by atoms with Crippen molar-refractivity contribution in [1.29, 1.82) is 0 Å². The molecule has 23 heavy (non-hydrogen) atoms. The van der Waals surface area contributed by atoms with Crippen molar-refractivity contribution in [2.24, 2.45) is 5.10 Å². The lowest BCUT2D eigenvalue weighted by atomic mass is 10.0. The number of hydrogen-bond acceptors (Lipinski definition) is 3. The quantitative estimate of drug-likeness (QED) is 0.679. The van der Waals surface area contributed by atoms with Gasteiger partial charge in [-0.2, -0.15) is 5.10 Å². The van der Waals surface area contributed by atoms with E-state index in [4.69, 9.17) is 4.74 Å². The molecule has 4 heteroatoms. The zero-order chi connectivity index (χ0) is 16.8. The summed E-state index contributed by atoms with van der Waals surface area (Å²) in [5.74, 6) is 0.379. The summed E-state index contributed by atoms with van der Waals surface area (Å²) in [6.07, 6.45) is 1.67. The van der Waals surface area contributed by atoms with Gasteiger partial charge < -0.3 is 4.74 Å². The van der Waals surface area contributed by atoms with Crippen molar-refractivity contribution in [2.45, 2.75) is 27.7 Å². The first kappa shape index (κ1) is 16.7. The molecule has 0 heterocycles. The Bertz CT molecular complexity index is 696. The number of benzene rings is 2. The molecule has 0 saturated heterocycles. The molecular formula is C19H22N2O2. The minimum atomic E-state index is -0.288. The van der Waals surface area contributed by atoms with Crippen molar-refractivity contribution in [3.05, 3.63) is 64.2 Å². The number of hydrazone groups is 1. The van der Waals surface area contributed by atoms with E-state index in [2.05, 4.69) is 29.6 Å². The average Bonchev–Trinajstić information content (AvgIpc) is 2.49. The van der Waals surface area contributed by atoms with Gasteiger partial charge in [0.1, 0.15) is 5.75 Å². The van der Waals surface area contributed by atoms with Crippen LogP contribution in [0, 0.1) is 27.7 Å². The summed E-state index contributed by atoms with van der Waals surface area (Å²) >= 11 is 0. The minimum Gasteiger partial charge on any atom is -0.484 e. The highest BCUT2D eigenvalue weighted by Gasteiger charge is 2.03. The van der Waals surface area contributed by atoms with E-state index in [-0.39, 0.29) is 12.5 Å². The van der Waals surface area contributed by atoms with Gasteiger partial charge in [-0.3, -0.25) is 4.79 Å². The Morgan fingerprint density at radius 2 is 1.65 bits per heavy atom. The number of carbonyl (C=O) groups is 1. The fraction of sp³-hybridized carbons (Fsp3) is 0.263. The van der Waals surface area contributed by atoms with Crippen LogP contribution in [0.15, 0.2) is 41.5 Å². The molecule has 0 atom stereocenters. The highest BCUT2D eigenvalue weighted by Crippen LogP contribution is 2.14. The fourth-order valence-electron chi connectivity index (χ4n) is 2.38.